The molecule has 4 nitrogen and oxygen atoms in total. The monoisotopic (exact) mass is 286 g/mol. The first-order chi connectivity index (χ1) is 9.35. The largest absolute Gasteiger partial charge is 0.480 e. The summed E-state index contributed by atoms with van der Waals surface area (Å²) in [6.07, 6.45) is 4.87. The van der Waals surface area contributed by atoms with Crippen LogP contribution in [0.15, 0.2) is 0 Å². The topological polar surface area (TPSA) is 52.6 Å². The van der Waals surface area contributed by atoms with Crippen LogP contribution in [0, 0.1) is 5.92 Å². The van der Waals surface area contributed by atoms with Crippen molar-refractivity contribution in [1.82, 2.24) is 10.2 Å². The standard InChI is InChI=1S/C16H34N2O2/c1-6-11-17-16(4,15(19)20)10-8-9-12-18(5)13-14(3)7-2/h14,17H,6-13H2,1-5H3,(H,19,20). The van der Waals surface area contributed by atoms with Crippen LogP contribution in [-0.2, 0) is 4.79 Å². The summed E-state index contributed by atoms with van der Waals surface area (Å²) in [5, 5.41) is 12.5. The average Bonchev–Trinajstić information content (AvgIpc) is 2.41. The number of hydrogen-bond acceptors (Lipinski definition) is 3. The van der Waals surface area contributed by atoms with Crippen LogP contribution in [0.4, 0.5) is 0 Å². The van der Waals surface area contributed by atoms with Gasteiger partial charge in [-0.25, -0.2) is 0 Å². The third-order valence-electron chi connectivity index (χ3n) is 4.02. The number of carbonyl (C=O) groups is 1. The molecule has 2 unspecified atom stereocenters. The Labute approximate surface area is 124 Å². The van der Waals surface area contributed by atoms with Gasteiger partial charge in [0.05, 0.1) is 0 Å². The van der Waals surface area contributed by atoms with E-state index in [2.05, 4.69) is 38.0 Å². The maximum absolute atomic E-state index is 11.4. The summed E-state index contributed by atoms with van der Waals surface area (Å²) in [6, 6.07) is 0. The quantitative estimate of drug-likeness (QED) is 0.542. The summed E-state index contributed by atoms with van der Waals surface area (Å²) in [7, 11) is 2.15. The van der Waals surface area contributed by atoms with Gasteiger partial charge < -0.3 is 15.3 Å². The van der Waals surface area contributed by atoms with Gasteiger partial charge in [-0.1, -0.05) is 27.2 Å². The maximum Gasteiger partial charge on any atom is 0.323 e. The van der Waals surface area contributed by atoms with Crippen molar-refractivity contribution >= 4 is 5.97 Å². The van der Waals surface area contributed by atoms with Crippen molar-refractivity contribution in [3.05, 3.63) is 0 Å². The average molecular weight is 286 g/mol. The van der Waals surface area contributed by atoms with Gasteiger partial charge in [0.1, 0.15) is 5.54 Å². The zero-order valence-electron chi connectivity index (χ0n) is 14.0. The van der Waals surface area contributed by atoms with Crippen LogP contribution in [0.5, 0.6) is 0 Å². The van der Waals surface area contributed by atoms with Gasteiger partial charge in [-0.2, -0.15) is 0 Å². The van der Waals surface area contributed by atoms with Crippen molar-refractivity contribution in [3.63, 3.8) is 0 Å². The molecule has 0 amide bonds. The summed E-state index contributed by atoms with van der Waals surface area (Å²) in [5.74, 6) is -0.00517. The first kappa shape index (κ1) is 19.4. The van der Waals surface area contributed by atoms with E-state index in [9.17, 15) is 9.90 Å². The molecule has 20 heavy (non-hydrogen) atoms. The minimum Gasteiger partial charge on any atom is -0.480 e. The van der Waals surface area contributed by atoms with Crippen LogP contribution in [0.25, 0.3) is 0 Å². The molecule has 0 bridgehead atoms. The summed E-state index contributed by atoms with van der Waals surface area (Å²) in [4.78, 5) is 13.7. The SMILES string of the molecule is CCCNC(C)(CCCCN(C)CC(C)CC)C(=O)O. The Kier molecular flexibility index (Phi) is 9.86. The highest BCUT2D eigenvalue weighted by atomic mass is 16.4. The van der Waals surface area contributed by atoms with Crippen LogP contribution in [0.2, 0.25) is 0 Å². The molecule has 0 rings (SSSR count). The Morgan fingerprint density at radius 2 is 2.00 bits per heavy atom. The molecule has 120 valence electrons. The summed E-state index contributed by atoms with van der Waals surface area (Å²) < 4.78 is 0. The molecular formula is C16H34N2O2. The number of nitrogens with one attached hydrogen (secondary N) is 1. The Hall–Kier alpha value is -0.610. The molecule has 0 saturated carbocycles. The van der Waals surface area contributed by atoms with E-state index in [4.69, 9.17) is 0 Å². The zero-order valence-corrected chi connectivity index (χ0v) is 14.0. The fraction of sp³-hybridized carbons (Fsp3) is 0.938. The van der Waals surface area contributed by atoms with Gasteiger partial charge in [0.15, 0.2) is 0 Å². The summed E-state index contributed by atoms with van der Waals surface area (Å²) >= 11 is 0. The molecule has 0 aromatic heterocycles. The second-order valence-corrected chi connectivity index (χ2v) is 6.30. The van der Waals surface area contributed by atoms with Crippen molar-refractivity contribution in [3.8, 4) is 0 Å². The van der Waals surface area contributed by atoms with E-state index in [0.717, 1.165) is 44.8 Å². The minimum atomic E-state index is -0.773. The van der Waals surface area contributed by atoms with E-state index in [1.807, 2.05) is 0 Å². The predicted octanol–water partition coefficient (Wildman–Crippen LogP) is 2.98. The molecule has 0 spiro atoms. The van der Waals surface area contributed by atoms with E-state index in [1.165, 1.54) is 6.42 Å². The smallest absolute Gasteiger partial charge is 0.323 e. The highest BCUT2D eigenvalue weighted by Gasteiger charge is 2.31. The molecule has 0 saturated heterocycles. The highest BCUT2D eigenvalue weighted by molar-refractivity contribution is 5.78. The summed E-state index contributed by atoms with van der Waals surface area (Å²) in [6.45, 7) is 11.3. The number of rotatable bonds is 12. The van der Waals surface area contributed by atoms with Crippen molar-refractivity contribution in [2.45, 2.75) is 65.3 Å². The van der Waals surface area contributed by atoms with Gasteiger partial charge in [-0.15, -0.1) is 0 Å². The molecule has 0 aromatic rings. The maximum atomic E-state index is 11.4. The Morgan fingerprint density at radius 3 is 2.50 bits per heavy atom. The number of hydrogen-bond donors (Lipinski definition) is 2. The molecule has 2 N–H and O–H groups in total. The number of nitrogens with zero attached hydrogens (tertiary/aromatic N) is 1. The van der Waals surface area contributed by atoms with Crippen molar-refractivity contribution in [2.24, 2.45) is 5.92 Å². The van der Waals surface area contributed by atoms with Gasteiger partial charge in [0, 0.05) is 6.54 Å². The highest BCUT2D eigenvalue weighted by Crippen LogP contribution is 2.15. The van der Waals surface area contributed by atoms with Crippen LogP contribution in [0.3, 0.4) is 0 Å². The van der Waals surface area contributed by atoms with E-state index in [-0.39, 0.29) is 0 Å². The summed E-state index contributed by atoms with van der Waals surface area (Å²) in [5.41, 5.74) is -0.773. The van der Waals surface area contributed by atoms with Gasteiger partial charge in [-0.3, -0.25) is 4.79 Å². The van der Waals surface area contributed by atoms with Crippen LogP contribution >= 0.6 is 0 Å². The second kappa shape index (κ2) is 10.2. The molecule has 0 fully saturated rings. The molecule has 0 aliphatic carbocycles. The van der Waals surface area contributed by atoms with Crippen molar-refractivity contribution in [1.29, 1.82) is 0 Å². The molecule has 4 heteroatoms. The first-order valence-corrected chi connectivity index (χ1v) is 8.02. The van der Waals surface area contributed by atoms with Crippen LogP contribution in [0.1, 0.15) is 59.8 Å². The molecule has 2 atom stereocenters. The zero-order chi connectivity index (χ0) is 15.6. The van der Waals surface area contributed by atoms with E-state index < -0.39 is 11.5 Å². The second-order valence-electron chi connectivity index (χ2n) is 6.30. The third-order valence-corrected chi connectivity index (χ3v) is 4.02. The fourth-order valence-electron chi connectivity index (χ4n) is 2.28. The Morgan fingerprint density at radius 1 is 1.35 bits per heavy atom. The molecule has 0 heterocycles. The lowest BCUT2D eigenvalue weighted by Crippen LogP contribution is -2.49. The van der Waals surface area contributed by atoms with Gasteiger partial charge in [0.25, 0.3) is 0 Å². The third kappa shape index (κ3) is 7.85. The van der Waals surface area contributed by atoms with E-state index in [0.29, 0.717) is 6.42 Å². The van der Waals surface area contributed by atoms with Crippen molar-refractivity contribution < 1.29 is 9.90 Å². The molecule has 0 aromatic carbocycles. The number of carboxylic acids is 1. The lowest BCUT2D eigenvalue weighted by atomic mass is 9.94. The number of aliphatic carboxylic acids is 1. The fourth-order valence-corrected chi connectivity index (χ4v) is 2.28. The van der Waals surface area contributed by atoms with Gasteiger partial charge >= 0.3 is 5.97 Å². The van der Waals surface area contributed by atoms with E-state index >= 15 is 0 Å². The lowest BCUT2D eigenvalue weighted by Gasteiger charge is -2.27. The molecule has 0 radical (unpaired) electrons. The van der Waals surface area contributed by atoms with Crippen LogP contribution in [-0.4, -0.2) is 48.2 Å². The van der Waals surface area contributed by atoms with Crippen molar-refractivity contribution in [2.75, 3.05) is 26.7 Å². The first-order valence-electron chi connectivity index (χ1n) is 8.02. The minimum absolute atomic E-state index is 0.694. The Balaban J connectivity index is 3.97. The van der Waals surface area contributed by atoms with Gasteiger partial charge in [-0.05, 0) is 58.7 Å². The molecular weight excluding hydrogens is 252 g/mol. The lowest BCUT2D eigenvalue weighted by molar-refractivity contribution is -0.144. The molecule has 0 aliphatic rings. The van der Waals surface area contributed by atoms with Crippen LogP contribution < -0.4 is 5.32 Å². The molecule has 0 aliphatic heterocycles. The van der Waals surface area contributed by atoms with E-state index in [1.54, 1.807) is 6.92 Å². The number of unbranched alkanes of at least 4 members (excludes halogenated alkanes) is 1. The predicted molar refractivity (Wildman–Crippen MR) is 85.1 cm³/mol. The normalized spacial score (nSPS) is 16.1. The Bertz CT molecular complexity index is 271. The van der Waals surface area contributed by atoms with Gasteiger partial charge in [0.2, 0.25) is 0 Å². The number of carboxylic acid groups (broad SMARTS) is 1.